The molecule has 0 fully saturated rings. The van der Waals surface area contributed by atoms with Crippen molar-refractivity contribution in [1.29, 1.82) is 0 Å². The summed E-state index contributed by atoms with van der Waals surface area (Å²) in [5, 5.41) is 5.61. The summed E-state index contributed by atoms with van der Waals surface area (Å²) in [6.45, 7) is 13.4. The first kappa shape index (κ1) is 23.5. The molecule has 0 aliphatic heterocycles. The van der Waals surface area contributed by atoms with Gasteiger partial charge in [-0.15, -0.1) is 0 Å². The molecule has 1 aromatic carbocycles. The highest BCUT2D eigenvalue weighted by atomic mass is 79.9. The summed E-state index contributed by atoms with van der Waals surface area (Å²) in [7, 11) is 0. The number of benzene rings is 1. The van der Waals surface area contributed by atoms with Crippen molar-refractivity contribution in [3.63, 3.8) is 0 Å². The van der Waals surface area contributed by atoms with E-state index in [-0.39, 0.29) is 17.2 Å². The Morgan fingerprint density at radius 2 is 1.67 bits per heavy atom. The average molecular weight is 441 g/mol. The van der Waals surface area contributed by atoms with E-state index in [0.717, 1.165) is 10.2 Å². The molecule has 0 saturated heterocycles. The molecule has 5 nitrogen and oxygen atoms in total. The highest BCUT2D eigenvalue weighted by Gasteiger charge is 2.20. The Labute approximate surface area is 171 Å². The summed E-state index contributed by atoms with van der Waals surface area (Å²) in [6, 6.07) is 6.11. The van der Waals surface area contributed by atoms with Gasteiger partial charge in [0.25, 0.3) is 0 Å². The molecule has 27 heavy (non-hydrogen) atoms. The van der Waals surface area contributed by atoms with E-state index in [2.05, 4.69) is 59.5 Å². The molecule has 0 aliphatic rings. The molecule has 0 saturated carbocycles. The van der Waals surface area contributed by atoms with Crippen molar-refractivity contribution in [3.8, 4) is 5.75 Å². The van der Waals surface area contributed by atoms with Crippen molar-refractivity contribution >= 4 is 27.7 Å². The Kier molecular flexibility index (Phi) is 8.79. The van der Waals surface area contributed by atoms with Crippen LogP contribution < -0.4 is 15.4 Å². The highest BCUT2D eigenvalue weighted by molar-refractivity contribution is 9.10. The number of rotatable bonds is 8. The van der Waals surface area contributed by atoms with Gasteiger partial charge in [-0.25, -0.2) is 0 Å². The molecule has 0 bridgehead atoms. The fourth-order valence-electron chi connectivity index (χ4n) is 2.23. The van der Waals surface area contributed by atoms with Crippen LogP contribution in [0.15, 0.2) is 22.7 Å². The molecule has 2 amide bonds. The van der Waals surface area contributed by atoms with Crippen molar-refractivity contribution in [3.05, 3.63) is 28.2 Å². The maximum atomic E-state index is 11.8. The Bertz CT molecular complexity index is 646. The molecule has 2 N–H and O–H groups in total. The fourth-order valence-corrected chi connectivity index (χ4v) is 2.72. The van der Waals surface area contributed by atoms with Gasteiger partial charge < -0.3 is 15.4 Å². The number of carbonyl (C=O) groups excluding carboxylic acids is 2. The third-order valence-electron chi connectivity index (χ3n) is 4.02. The fraction of sp³-hybridized carbons (Fsp3) is 0.619. The van der Waals surface area contributed by atoms with Crippen LogP contribution in [-0.2, 0) is 15.0 Å². The summed E-state index contributed by atoms with van der Waals surface area (Å²) in [4.78, 5) is 23.5. The Balaban J connectivity index is 2.24. The molecule has 1 rings (SSSR count). The van der Waals surface area contributed by atoms with E-state index in [9.17, 15) is 9.59 Å². The lowest BCUT2D eigenvalue weighted by Crippen LogP contribution is -2.39. The molecule has 0 heterocycles. The lowest BCUT2D eigenvalue weighted by Gasteiger charge is -2.20. The molecule has 0 radical (unpaired) electrons. The van der Waals surface area contributed by atoms with Crippen molar-refractivity contribution in [2.45, 2.75) is 59.8 Å². The molecular formula is C21H33BrN2O3. The predicted molar refractivity (Wildman–Crippen MR) is 113 cm³/mol. The van der Waals surface area contributed by atoms with Crippen LogP contribution in [-0.4, -0.2) is 31.5 Å². The normalized spacial score (nSPS) is 11.8. The van der Waals surface area contributed by atoms with Gasteiger partial charge in [0.2, 0.25) is 11.8 Å². The van der Waals surface area contributed by atoms with E-state index in [4.69, 9.17) is 4.74 Å². The Morgan fingerprint density at radius 1 is 1.04 bits per heavy atom. The van der Waals surface area contributed by atoms with E-state index in [0.29, 0.717) is 32.5 Å². The van der Waals surface area contributed by atoms with Gasteiger partial charge in [-0.3, -0.25) is 9.59 Å². The summed E-state index contributed by atoms with van der Waals surface area (Å²) < 4.78 is 6.69. The van der Waals surface area contributed by atoms with Crippen molar-refractivity contribution in [2.24, 2.45) is 5.41 Å². The minimum absolute atomic E-state index is 0.0202. The summed E-state index contributed by atoms with van der Waals surface area (Å²) in [5.74, 6) is 0.729. The largest absolute Gasteiger partial charge is 0.492 e. The number of carbonyl (C=O) groups is 2. The highest BCUT2D eigenvalue weighted by Crippen LogP contribution is 2.31. The van der Waals surface area contributed by atoms with Gasteiger partial charge in [-0.05, 0) is 45.5 Å². The number of amides is 2. The van der Waals surface area contributed by atoms with Gasteiger partial charge in [0, 0.05) is 24.9 Å². The van der Waals surface area contributed by atoms with Gasteiger partial charge in [0.05, 0.1) is 11.1 Å². The van der Waals surface area contributed by atoms with Gasteiger partial charge in [0.15, 0.2) is 0 Å². The number of hydrogen-bond donors (Lipinski definition) is 2. The number of ether oxygens (including phenoxy) is 1. The van der Waals surface area contributed by atoms with E-state index in [1.54, 1.807) is 0 Å². The van der Waals surface area contributed by atoms with Crippen molar-refractivity contribution in [1.82, 2.24) is 10.6 Å². The van der Waals surface area contributed by atoms with E-state index in [1.807, 2.05) is 26.8 Å². The van der Waals surface area contributed by atoms with Gasteiger partial charge in [-0.2, -0.15) is 0 Å². The lowest BCUT2D eigenvalue weighted by atomic mass is 9.87. The van der Waals surface area contributed by atoms with Crippen LogP contribution >= 0.6 is 15.9 Å². The molecule has 0 aliphatic carbocycles. The summed E-state index contributed by atoms with van der Waals surface area (Å²) >= 11 is 3.55. The lowest BCUT2D eigenvalue weighted by molar-refractivity contribution is -0.128. The van der Waals surface area contributed by atoms with Gasteiger partial charge in [-0.1, -0.05) is 47.6 Å². The topological polar surface area (TPSA) is 67.4 Å². The minimum atomic E-state index is -0.416. The quantitative estimate of drug-likeness (QED) is 0.595. The zero-order valence-corrected chi connectivity index (χ0v) is 19.0. The average Bonchev–Trinajstić information content (AvgIpc) is 2.54. The number of nitrogens with one attached hydrogen (secondary N) is 2. The van der Waals surface area contributed by atoms with Crippen molar-refractivity contribution < 1.29 is 14.3 Å². The molecule has 0 unspecified atom stereocenters. The van der Waals surface area contributed by atoms with E-state index >= 15 is 0 Å². The smallest absolute Gasteiger partial charge is 0.225 e. The third-order valence-corrected chi connectivity index (χ3v) is 4.64. The van der Waals surface area contributed by atoms with Crippen LogP contribution in [0, 0.1) is 5.41 Å². The Morgan fingerprint density at radius 3 is 2.22 bits per heavy atom. The van der Waals surface area contributed by atoms with Crippen LogP contribution in [0.1, 0.15) is 59.9 Å². The molecule has 6 heteroatoms. The number of halogens is 1. The molecule has 0 aromatic heterocycles. The molecule has 0 atom stereocenters. The summed E-state index contributed by atoms with van der Waals surface area (Å²) in [5.41, 5.74) is 0.909. The first-order valence-electron chi connectivity index (χ1n) is 9.39. The van der Waals surface area contributed by atoms with Gasteiger partial charge in [0.1, 0.15) is 5.75 Å². The second kappa shape index (κ2) is 10.1. The first-order chi connectivity index (χ1) is 12.4. The monoisotopic (exact) mass is 440 g/mol. The molecular weight excluding hydrogens is 408 g/mol. The second-order valence-corrected chi connectivity index (χ2v) is 9.56. The van der Waals surface area contributed by atoms with Crippen LogP contribution in [0.2, 0.25) is 0 Å². The van der Waals surface area contributed by atoms with Gasteiger partial charge >= 0.3 is 0 Å². The van der Waals surface area contributed by atoms with E-state index < -0.39 is 5.41 Å². The van der Waals surface area contributed by atoms with Crippen LogP contribution in [0.4, 0.5) is 0 Å². The maximum Gasteiger partial charge on any atom is 0.225 e. The predicted octanol–water partition coefficient (Wildman–Crippen LogP) is 4.18. The minimum Gasteiger partial charge on any atom is -0.492 e. The first-order valence-corrected chi connectivity index (χ1v) is 10.2. The zero-order valence-electron chi connectivity index (χ0n) is 17.4. The molecule has 1 aromatic rings. The third kappa shape index (κ3) is 8.78. The van der Waals surface area contributed by atoms with Crippen LogP contribution in [0.5, 0.6) is 5.75 Å². The van der Waals surface area contributed by atoms with E-state index in [1.165, 1.54) is 5.56 Å². The zero-order chi connectivity index (χ0) is 20.7. The van der Waals surface area contributed by atoms with Crippen LogP contribution in [0.3, 0.4) is 0 Å². The van der Waals surface area contributed by atoms with Crippen LogP contribution in [0.25, 0.3) is 0 Å². The molecule has 152 valence electrons. The van der Waals surface area contributed by atoms with Crippen molar-refractivity contribution in [2.75, 3.05) is 19.7 Å². The maximum absolute atomic E-state index is 11.8. The Hall–Kier alpha value is -1.56. The summed E-state index contributed by atoms with van der Waals surface area (Å²) in [6.07, 6.45) is 1.03. The standard InChI is InChI=1S/C21H33BrN2O3/c1-20(2,3)15-9-10-17(16(22)14-15)27-13-7-8-18(25)23-11-12-24-19(26)21(4,5)6/h9-10,14H,7-8,11-13H2,1-6H3,(H,23,25)(H,24,26). The SMILES string of the molecule is CC(C)(C)C(=O)NCCNC(=O)CCCOc1ccc(C(C)(C)C)cc1Br. The molecule has 0 spiro atoms. The second-order valence-electron chi connectivity index (χ2n) is 8.70. The number of hydrogen-bond acceptors (Lipinski definition) is 3.